The molecule has 0 fully saturated rings. The van der Waals surface area contributed by atoms with Crippen LogP contribution in [0.5, 0.6) is 5.75 Å². The van der Waals surface area contributed by atoms with Crippen LogP contribution in [0, 0.1) is 30.3 Å². The van der Waals surface area contributed by atoms with Gasteiger partial charge in [-0.3, -0.25) is 0 Å². The van der Waals surface area contributed by atoms with E-state index in [1.807, 2.05) is 32.0 Å². The molecule has 0 radical (unpaired) electrons. The van der Waals surface area contributed by atoms with Crippen molar-refractivity contribution in [2.75, 3.05) is 0 Å². The van der Waals surface area contributed by atoms with Crippen LogP contribution in [0.15, 0.2) is 41.5 Å². The van der Waals surface area contributed by atoms with Gasteiger partial charge in [0.1, 0.15) is 12.4 Å². The highest BCUT2D eigenvalue weighted by atomic mass is 32.1. The first-order valence-corrected chi connectivity index (χ1v) is 8.21. The van der Waals surface area contributed by atoms with Crippen LogP contribution in [0.25, 0.3) is 0 Å². The first kappa shape index (κ1) is 17.9. The van der Waals surface area contributed by atoms with Gasteiger partial charge in [0.2, 0.25) is 4.77 Å². The van der Waals surface area contributed by atoms with E-state index in [0.29, 0.717) is 11.4 Å². The molecule has 0 amide bonds. The standard InChI is InChI=1S/C18H16F2N4OS/c1-11-4-3-5-12(2)17(11)25-10-16-22-23-18(26)24(16)21-9-13-6-7-14(19)15(20)8-13/h3-9H,10H2,1-2H3,(H,23,26)/b21-9-. The SMILES string of the molecule is Cc1cccc(C)c1OCc1n[nH]c(=S)n1/N=C\c1ccc(F)c(F)c1. The summed E-state index contributed by atoms with van der Waals surface area (Å²) in [5.41, 5.74) is 2.42. The first-order chi connectivity index (χ1) is 12.5. The molecule has 26 heavy (non-hydrogen) atoms. The Labute approximate surface area is 154 Å². The van der Waals surface area contributed by atoms with Crippen molar-refractivity contribution in [2.45, 2.75) is 20.5 Å². The second-order valence-electron chi connectivity index (χ2n) is 5.68. The van der Waals surface area contributed by atoms with E-state index in [1.165, 1.54) is 17.0 Å². The lowest BCUT2D eigenvalue weighted by molar-refractivity contribution is 0.287. The topological polar surface area (TPSA) is 55.2 Å². The quantitative estimate of drug-likeness (QED) is 0.535. The number of benzene rings is 2. The maximum Gasteiger partial charge on any atom is 0.216 e. The third kappa shape index (κ3) is 3.85. The molecule has 2 aromatic carbocycles. The zero-order valence-corrected chi connectivity index (χ0v) is 15.0. The molecule has 0 bridgehead atoms. The number of ether oxygens (including phenoxy) is 1. The second kappa shape index (κ2) is 7.57. The molecule has 0 aliphatic carbocycles. The Bertz CT molecular complexity index is 1010. The van der Waals surface area contributed by atoms with Gasteiger partial charge in [-0.05, 0) is 54.9 Å². The summed E-state index contributed by atoms with van der Waals surface area (Å²) in [6.07, 6.45) is 1.37. The monoisotopic (exact) mass is 374 g/mol. The third-order valence-corrected chi connectivity index (χ3v) is 4.00. The number of H-pyrrole nitrogens is 1. The molecule has 5 nitrogen and oxygen atoms in total. The lowest BCUT2D eigenvalue weighted by atomic mass is 10.1. The molecule has 0 saturated carbocycles. The summed E-state index contributed by atoms with van der Waals surface area (Å²) in [6, 6.07) is 9.38. The molecule has 8 heteroatoms. The lowest BCUT2D eigenvalue weighted by Crippen LogP contribution is -2.05. The molecule has 1 heterocycles. The van der Waals surface area contributed by atoms with E-state index in [1.54, 1.807) is 0 Å². The number of hydrogen-bond acceptors (Lipinski definition) is 4. The van der Waals surface area contributed by atoms with E-state index < -0.39 is 11.6 Å². The average molecular weight is 374 g/mol. The summed E-state index contributed by atoms with van der Waals surface area (Å²) in [7, 11) is 0. The van der Waals surface area contributed by atoms with Crippen LogP contribution in [0.3, 0.4) is 0 Å². The van der Waals surface area contributed by atoms with Crippen molar-refractivity contribution in [1.82, 2.24) is 14.9 Å². The lowest BCUT2D eigenvalue weighted by Gasteiger charge is -2.11. The van der Waals surface area contributed by atoms with Crippen molar-refractivity contribution in [3.8, 4) is 5.75 Å². The number of halogens is 2. The Kier molecular flexibility index (Phi) is 5.22. The van der Waals surface area contributed by atoms with Crippen LogP contribution in [0.2, 0.25) is 0 Å². The molecule has 0 aliphatic rings. The number of aromatic amines is 1. The largest absolute Gasteiger partial charge is 0.485 e. The molecule has 0 saturated heterocycles. The van der Waals surface area contributed by atoms with Crippen LogP contribution < -0.4 is 4.74 Å². The highest BCUT2D eigenvalue weighted by Crippen LogP contribution is 2.23. The average Bonchev–Trinajstić information content (AvgIpc) is 2.95. The molecule has 0 aliphatic heterocycles. The summed E-state index contributed by atoms with van der Waals surface area (Å²) in [6.45, 7) is 4.06. The van der Waals surface area contributed by atoms with Crippen LogP contribution in [0.4, 0.5) is 8.78 Å². The van der Waals surface area contributed by atoms with E-state index in [-0.39, 0.29) is 11.4 Å². The van der Waals surface area contributed by atoms with Crippen LogP contribution in [-0.2, 0) is 6.61 Å². The Balaban J connectivity index is 1.81. The third-order valence-electron chi connectivity index (χ3n) is 3.74. The van der Waals surface area contributed by atoms with Crippen LogP contribution >= 0.6 is 12.2 Å². The maximum absolute atomic E-state index is 13.3. The molecular weight excluding hydrogens is 358 g/mol. The van der Waals surface area contributed by atoms with E-state index >= 15 is 0 Å². The molecule has 1 N–H and O–H groups in total. The Morgan fingerprint density at radius 2 is 1.92 bits per heavy atom. The molecule has 1 aromatic heterocycles. The van der Waals surface area contributed by atoms with Gasteiger partial charge in [0.05, 0.1) is 6.21 Å². The van der Waals surface area contributed by atoms with Gasteiger partial charge >= 0.3 is 0 Å². The second-order valence-corrected chi connectivity index (χ2v) is 6.07. The predicted octanol–water partition coefficient (Wildman–Crippen LogP) is 4.30. The van der Waals surface area contributed by atoms with Gasteiger partial charge in [-0.1, -0.05) is 24.3 Å². The Morgan fingerprint density at radius 3 is 2.62 bits per heavy atom. The molecular formula is C18H16F2N4OS. The predicted molar refractivity (Wildman–Crippen MR) is 97.0 cm³/mol. The molecule has 0 atom stereocenters. The van der Waals surface area contributed by atoms with Crippen molar-refractivity contribution < 1.29 is 13.5 Å². The first-order valence-electron chi connectivity index (χ1n) is 7.80. The fraction of sp³-hybridized carbons (Fsp3) is 0.167. The minimum absolute atomic E-state index is 0.147. The van der Waals surface area contributed by atoms with Crippen molar-refractivity contribution >= 4 is 18.4 Å². The van der Waals surface area contributed by atoms with Gasteiger partial charge in [0, 0.05) is 0 Å². The number of para-hydroxylation sites is 1. The number of nitrogens with one attached hydrogen (secondary N) is 1. The Hall–Kier alpha value is -2.87. The van der Waals surface area contributed by atoms with Crippen molar-refractivity contribution in [2.24, 2.45) is 5.10 Å². The zero-order chi connectivity index (χ0) is 18.7. The minimum atomic E-state index is -0.941. The number of hydrogen-bond donors (Lipinski definition) is 1. The molecule has 0 spiro atoms. The van der Waals surface area contributed by atoms with Gasteiger partial charge in [0.25, 0.3) is 0 Å². The van der Waals surface area contributed by atoms with Gasteiger partial charge in [0.15, 0.2) is 17.5 Å². The van der Waals surface area contributed by atoms with Gasteiger partial charge in [-0.25, -0.2) is 13.9 Å². The van der Waals surface area contributed by atoms with Crippen molar-refractivity contribution in [1.29, 1.82) is 0 Å². The van der Waals surface area contributed by atoms with Crippen molar-refractivity contribution in [3.05, 3.63) is 75.3 Å². The minimum Gasteiger partial charge on any atom is -0.485 e. The summed E-state index contributed by atoms with van der Waals surface area (Å²) in [4.78, 5) is 0. The molecule has 134 valence electrons. The summed E-state index contributed by atoms with van der Waals surface area (Å²) in [5.74, 6) is -0.623. The summed E-state index contributed by atoms with van der Waals surface area (Å²) < 4.78 is 33.8. The summed E-state index contributed by atoms with van der Waals surface area (Å²) in [5, 5.41) is 10.9. The number of aromatic nitrogens is 3. The number of aryl methyl sites for hydroxylation is 2. The van der Waals surface area contributed by atoms with E-state index in [2.05, 4.69) is 15.3 Å². The maximum atomic E-state index is 13.3. The van der Waals surface area contributed by atoms with Gasteiger partial charge in [-0.2, -0.15) is 14.9 Å². The van der Waals surface area contributed by atoms with Gasteiger partial charge in [-0.15, -0.1) is 0 Å². The van der Waals surface area contributed by atoms with Crippen molar-refractivity contribution in [3.63, 3.8) is 0 Å². The Morgan fingerprint density at radius 1 is 1.19 bits per heavy atom. The smallest absolute Gasteiger partial charge is 0.216 e. The highest BCUT2D eigenvalue weighted by molar-refractivity contribution is 7.71. The zero-order valence-electron chi connectivity index (χ0n) is 14.2. The van der Waals surface area contributed by atoms with E-state index in [0.717, 1.165) is 29.0 Å². The fourth-order valence-electron chi connectivity index (χ4n) is 2.42. The van der Waals surface area contributed by atoms with Gasteiger partial charge < -0.3 is 4.74 Å². The van der Waals surface area contributed by atoms with E-state index in [4.69, 9.17) is 17.0 Å². The molecule has 3 rings (SSSR count). The molecule has 0 unspecified atom stereocenters. The van der Waals surface area contributed by atoms with Crippen LogP contribution in [-0.4, -0.2) is 21.1 Å². The number of nitrogens with zero attached hydrogens (tertiary/aromatic N) is 3. The van der Waals surface area contributed by atoms with Crippen LogP contribution in [0.1, 0.15) is 22.5 Å². The highest BCUT2D eigenvalue weighted by Gasteiger charge is 2.09. The normalized spacial score (nSPS) is 11.2. The fourth-order valence-corrected chi connectivity index (χ4v) is 2.62. The number of rotatable bonds is 5. The molecule has 3 aromatic rings. The summed E-state index contributed by atoms with van der Waals surface area (Å²) >= 11 is 5.16. The van der Waals surface area contributed by atoms with E-state index in [9.17, 15) is 8.78 Å².